The number of hydrogen-bond acceptors (Lipinski definition) is 4. The van der Waals surface area contributed by atoms with Crippen molar-refractivity contribution in [1.82, 2.24) is 14.7 Å². The van der Waals surface area contributed by atoms with Crippen molar-refractivity contribution >= 4 is 5.69 Å². The maximum Gasteiger partial charge on any atom is 0.0862 e. The number of aliphatic hydroxyl groups excluding tert-OH is 1. The lowest BCUT2D eigenvalue weighted by Gasteiger charge is -2.20. The third-order valence-electron chi connectivity index (χ3n) is 3.20. The Balaban J connectivity index is 1.72. The van der Waals surface area contributed by atoms with Crippen LogP contribution in [0.5, 0.6) is 0 Å². The molecule has 1 unspecified atom stereocenters. The molecule has 2 rings (SSSR count). The molecule has 2 aromatic rings. The maximum absolute atomic E-state index is 10.0. The first-order valence-electron chi connectivity index (χ1n) is 6.82. The van der Waals surface area contributed by atoms with Gasteiger partial charge in [-0.1, -0.05) is 30.3 Å². The zero-order chi connectivity index (χ0) is 14.4. The van der Waals surface area contributed by atoms with Gasteiger partial charge in [0.15, 0.2) is 0 Å². The standard InChI is InChI=1S/C15H22N4O/c1-18(8-7-13-5-3-2-4-6-13)11-15(20)12-19-10-14(16)9-17-19/h2-6,9-10,15,20H,7-8,11-12,16H2,1H3. The van der Waals surface area contributed by atoms with Crippen molar-refractivity contribution in [3.05, 3.63) is 48.3 Å². The van der Waals surface area contributed by atoms with Gasteiger partial charge in [0, 0.05) is 19.3 Å². The lowest BCUT2D eigenvalue weighted by atomic mass is 10.1. The van der Waals surface area contributed by atoms with Crippen LogP contribution >= 0.6 is 0 Å². The Morgan fingerprint density at radius 3 is 2.75 bits per heavy atom. The number of nitrogens with two attached hydrogens (primary N) is 1. The van der Waals surface area contributed by atoms with Gasteiger partial charge in [0.2, 0.25) is 0 Å². The molecule has 108 valence electrons. The Morgan fingerprint density at radius 2 is 2.10 bits per heavy atom. The van der Waals surface area contributed by atoms with E-state index in [0.29, 0.717) is 18.8 Å². The average Bonchev–Trinajstić information content (AvgIpc) is 2.83. The van der Waals surface area contributed by atoms with E-state index in [1.807, 2.05) is 25.2 Å². The zero-order valence-corrected chi connectivity index (χ0v) is 11.8. The molecule has 5 nitrogen and oxygen atoms in total. The Kier molecular flexibility index (Phi) is 5.15. The van der Waals surface area contributed by atoms with Gasteiger partial charge in [-0.25, -0.2) is 0 Å². The second-order valence-electron chi connectivity index (χ2n) is 5.15. The molecule has 0 fully saturated rings. The molecule has 0 radical (unpaired) electrons. The third-order valence-corrected chi connectivity index (χ3v) is 3.20. The number of aliphatic hydroxyl groups is 1. The molecule has 1 aromatic heterocycles. The predicted molar refractivity (Wildman–Crippen MR) is 80.3 cm³/mol. The molecule has 0 spiro atoms. The molecule has 1 heterocycles. The summed E-state index contributed by atoms with van der Waals surface area (Å²) in [7, 11) is 2.02. The van der Waals surface area contributed by atoms with Crippen LogP contribution in [0, 0.1) is 0 Å². The number of rotatable bonds is 7. The fourth-order valence-corrected chi connectivity index (χ4v) is 2.17. The summed E-state index contributed by atoms with van der Waals surface area (Å²) < 4.78 is 1.67. The minimum atomic E-state index is -0.449. The van der Waals surface area contributed by atoms with E-state index in [4.69, 9.17) is 5.73 Å². The molecule has 0 saturated carbocycles. The molecular formula is C15H22N4O. The van der Waals surface area contributed by atoms with Crippen LogP contribution in [-0.2, 0) is 13.0 Å². The van der Waals surface area contributed by atoms with Crippen LogP contribution in [0.4, 0.5) is 5.69 Å². The van der Waals surface area contributed by atoms with Gasteiger partial charge in [-0.15, -0.1) is 0 Å². The molecule has 20 heavy (non-hydrogen) atoms. The minimum absolute atomic E-state index is 0.449. The van der Waals surface area contributed by atoms with Crippen LogP contribution in [0.25, 0.3) is 0 Å². The molecular weight excluding hydrogens is 252 g/mol. The van der Waals surface area contributed by atoms with E-state index in [-0.39, 0.29) is 0 Å². The number of hydrogen-bond donors (Lipinski definition) is 2. The number of anilines is 1. The monoisotopic (exact) mass is 274 g/mol. The summed E-state index contributed by atoms with van der Waals surface area (Å²) in [4.78, 5) is 2.13. The molecule has 0 aliphatic rings. The highest BCUT2D eigenvalue weighted by atomic mass is 16.3. The lowest BCUT2D eigenvalue weighted by molar-refractivity contribution is 0.107. The zero-order valence-electron chi connectivity index (χ0n) is 11.8. The van der Waals surface area contributed by atoms with E-state index in [1.54, 1.807) is 17.1 Å². The first-order valence-corrected chi connectivity index (χ1v) is 6.82. The highest BCUT2D eigenvalue weighted by Crippen LogP contribution is 2.03. The first kappa shape index (κ1) is 14.6. The van der Waals surface area contributed by atoms with E-state index < -0.39 is 6.10 Å². The fourth-order valence-electron chi connectivity index (χ4n) is 2.17. The van der Waals surface area contributed by atoms with Crippen molar-refractivity contribution in [2.24, 2.45) is 0 Å². The summed E-state index contributed by atoms with van der Waals surface area (Å²) in [5.41, 5.74) is 7.53. The van der Waals surface area contributed by atoms with Gasteiger partial charge in [-0.2, -0.15) is 5.10 Å². The number of nitrogens with zero attached hydrogens (tertiary/aromatic N) is 3. The van der Waals surface area contributed by atoms with Crippen molar-refractivity contribution < 1.29 is 5.11 Å². The summed E-state index contributed by atoms with van der Waals surface area (Å²) in [5.74, 6) is 0. The molecule has 0 aliphatic heterocycles. The molecule has 0 aliphatic carbocycles. The van der Waals surface area contributed by atoms with Crippen molar-refractivity contribution in [3.63, 3.8) is 0 Å². The smallest absolute Gasteiger partial charge is 0.0862 e. The van der Waals surface area contributed by atoms with Gasteiger partial charge in [-0.3, -0.25) is 4.68 Å². The molecule has 0 bridgehead atoms. The van der Waals surface area contributed by atoms with Gasteiger partial charge in [-0.05, 0) is 19.0 Å². The minimum Gasteiger partial charge on any atom is -0.396 e. The third kappa shape index (κ3) is 4.68. The van der Waals surface area contributed by atoms with Crippen molar-refractivity contribution in [3.8, 4) is 0 Å². The first-order chi connectivity index (χ1) is 9.63. The molecule has 3 N–H and O–H groups in total. The highest BCUT2D eigenvalue weighted by Gasteiger charge is 2.09. The Hall–Kier alpha value is -1.85. The lowest BCUT2D eigenvalue weighted by Crippen LogP contribution is -2.33. The van der Waals surface area contributed by atoms with Crippen LogP contribution in [-0.4, -0.2) is 46.0 Å². The summed E-state index contributed by atoms with van der Waals surface area (Å²) in [6.07, 6.45) is 3.85. The number of aromatic nitrogens is 2. The van der Waals surface area contributed by atoms with Gasteiger partial charge < -0.3 is 15.7 Å². The topological polar surface area (TPSA) is 67.3 Å². The van der Waals surface area contributed by atoms with Crippen LogP contribution in [0.1, 0.15) is 5.56 Å². The van der Waals surface area contributed by atoms with Crippen LogP contribution < -0.4 is 5.73 Å². The van der Waals surface area contributed by atoms with Crippen LogP contribution in [0.3, 0.4) is 0 Å². The largest absolute Gasteiger partial charge is 0.396 e. The van der Waals surface area contributed by atoms with Crippen molar-refractivity contribution in [2.75, 3.05) is 25.9 Å². The maximum atomic E-state index is 10.0. The second-order valence-corrected chi connectivity index (χ2v) is 5.15. The molecule has 1 atom stereocenters. The normalized spacial score (nSPS) is 12.8. The summed E-state index contributed by atoms with van der Waals surface area (Å²) in [6, 6.07) is 10.4. The fraction of sp³-hybridized carbons (Fsp3) is 0.400. The highest BCUT2D eigenvalue weighted by molar-refractivity contribution is 5.30. The Bertz CT molecular complexity index is 512. The van der Waals surface area contributed by atoms with Gasteiger partial charge >= 0.3 is 0 Å². The molecule has 0 saturated heterocycles. The molecule has 1 aromatic carbocycles. The van der Waals surface area contributed by atoms with Crippen LogP contribution in [0.2, 0.25) is 0 Å². The molecule has 5 heteroatoms. The summed E-state index contributed by atoms with van der Waals surface area (Å²) >= 11 is 0. The van der Waals surface area contributed by atoms with Gasteiger partial charge in [0.05, 0.1) is 24.5 Å². The van der Waals surface area contributed by atoms with E-state index in [9.17, 15) is 5.11 Å². The van der Waals surface area contributed by atoms with Crippen LogP contribution in [0.15, 0.2) is 42.7 Å². The van der Waals surface area contributed by atoms with E-state index in [1.165, 1.54) is 5.56 Å². The van der Waals surface area contributed by atoms with Crippen molar-refractivity contribution in [2.45, 2.75) is 19.1 Å². The predicted octanol–water partition coefficient (Wildman–Crippen LogP) is 1.00. The summed E-state index contributed by atoms with van der Waals surface area (Å²) in [6.45, 7) is 2.00. The van der Waals surface area contributed by atoms with E-state index in [2.05, 4.69) is 22.1 Å². The number of benzene rings is 1. The van der Waals surface area contributed by atoms with Crippen molar-refractivity contribution in [1.29, 1.82) is 0 Å². The second kappa shape index (κ2) is 7.07. The Labute approximate surface area is 119 Å². The van der Waals surface area contributed by atoms with Gasteiger partial charge in [0.25, 0.3) is 0 Å². The summed E-state index contributed by atoms with van der Waals surface area (Å²) in [5, 5.41) is 14.1. The SMILES string of the molecule is CN(CCc1ccccc1)CC(O)Cn1cc(N)cn1. The average molecular weight is 274 g/mol. The number of nitrogen functional groups attached to an aromatic ring is 1. The van der Waals surface area contributed by atoms with E-state index in [0.717, 1.165) is 13.0 Å². The Morgan fingerprint density at radius 1 is 1.35 bits per heavy atom. The molecule has 0 amide bonds. The van der Waals surface area contributed by atoms with E-state index >= 15 is 0 Å². The number of likely N-dealkylation sites (N-methyl/N-ethyl adjacent to an activating group) is 1. The quantitative estimate of drug-likeness (QED) is 0.790. The van der Waals surface area contributed by atoms with Gasteiger partial charge in [0.1, 0.15) is 0 Å².